The zero-order chi connectivity index (χ0) is 13.5. The Morgan fingerprint density at radius 2 is 1.94 bits per heavy atom. The number of nitrogens with one attached hydrogen (secondary N) is 1. The molecule has 0 saturated carbocycles. The normalized spacial score (nSPS) is 12.2. The van der Waals surface area contributed by atoms with Gasteiger partial charge in [-0.05, 0) is 30.5 Å². The van der Waals surface area contributed by atoms with Crippen molar-refractivity contribution in [1.29, 1.82) is 0 Å². The molecule has 0 aromatic heterocycles. The molecule has 0 aliphatic carbocycles. The molecule has 18 heavy (non-hydrogen) atoms. The van der Waals surface area contributed by atoms with Crippen LogP contribution in [0, 0.1) is 5.92 Å². The Morgan fingerprint density at radius 1 is 1.33 bits per heavy atom. The van der Waals surface area contributed by atoms with Crippen LogP contribution in [0.4, 0.5) is 0 Å². The van der Waals surface area contributed by atoms with Gasteiger partial charge in [0.1, 0.15) is 0 Å². The van der Waals surface area contributed by atoms with Crippen LogP contribution in [0.1, 0.15) is 30.1 Å². The van der Waals surface area contributed by atoms with E-state index in [1.807, 2.05) is 0 Å². The molecule has 1 unspecified atom stereocenters. The maximum absolute atomic E-state index is 11.9. The predicted molar refractivity (Wildman–Crippen MR) is 81.0 cm³/mol. The second kappa shape index (κ2) is 8.03. The number of hydrogen-bond donors (Lipinski definition) is 1. The van der Waals surface area contributed by atoms with Gasteiger partial charge < -0.3 is 5.32 Å². The summed E-state index contributed by atoms with van der Waals surface area (Å²) in [4.78, 5) is 11.9. The standard InChI is InChI=1S/C13H16BrCl2NO/c1-2-9(3-4-14)8-17-13(18)10-5-11(15)7-12(16)6-10/h5-7,9H,2-4,8H2,1H3,(H,17,18). The number of halogens is 3. The maximum Gasteiger partial charge on any atom is 0.251 e. The van der Waals surface area contributed by atoms with Gasteiger partial charge in [0.05, 0.1) is 0 Å². The van der Waals surface area contributed by atoms with Crippen molar-refractivity contribution in [1.82, 2.24) is 5.32 Å². The fraction of sp³-hybridized carbons (Fsp3) is 0.462. The van der Waals surface area contributed by atoms with Crippen molar-refractivity contribution < 1.29 is 4.79 Å². The van der Waals surface area contributed by atoms with E-state index in [9.17, 15) is 4.79 Å². The Bertz CT molecular complexity index is 392. The topological polar surface area (TPSA) is 29.1 Å². The second-order valence-electron chi connectivity index (χ2n) is 4.12. The molecule has 5 heteroatoms. The van der Waals surface area contributed by atoms with Gasteiger partial charge in [-0.15, -0.1) is 0 Å². The number of alkyl halides is 1. The number of benzene rings is 1. The lowest BCUT2D eigenvalue weighted by Gasteiger charge is -2.14. The Labute approximate surface area is 126 Å². The van der Waals surface area contributed by atoms with Gasteiger partial charge in [-0.2, -0.15) is 0 Å². The van der Waals surface area contributed by atoms with Crippen LogP contribution in [-0.2, 0) is 0 Å². The van der Waals surface area contributed by atoms with E-state index in [-0.39, 0.29) is 5.91 Å². The molecule has 0 aliphatic rings. The van der Waals surface area contributed by atoms with E-state index < -0.39 is 0 Å². The van der Waals surface area contributed by atoms with Gasteiger partial charge in [0.2, 0.25) is 0 Å². The summed E-state index contributed by atoms with van der Waals surface area (Å²) in [6, 6.07) is 4.85. The highest BCUT2D eigenvalue weighted by molar-refractivity contribution is 9.09. The minimum atomic E-state index is -0.132. The molecule has 1 rings (SSSR count). The zero-order valence-corrected chi connectivity index (χ0v) is 13.3. The highest BCUT2D eigenvalue weighted by Gasteiger charge is 2.10. The number of amides is 1. The molecule has 0 radical (unpaired) electrons. The van der Waals surface area contributed by atoms with Gasteiger partial charge in [-0.3, -0.25) is 4.79 Å². The molecule has 0 bridgehead atoms. The van der Waals surface area contributed by atoms with Crippen LogP contribution in [0.5, 0.6) is 0 Å². The Balaban J connectivity index is 2.59. The molecule has 1 N–H and O–H groups in total. The van der Waals surface area contributed by atoms with Crippen LogP contribution < -0.4 is 5.32 Å². The molecular weight excluding hydrogens is 337 g/mol. The summed E-state index contributed by atoms with van der Waals surface area (Å²) in [6.07, 6.45) is 2.09. The summed E-state index contributed by atoms with van der Waals surface area (Å²) in [5, 5.41) is 4.81. The Hall–Kier alpha value is -0.250. The highest BCUT2D eigenvalue weighted by atomic mass is 79.9. The van der Waals surface area contributed by atoms with E-state index in [1.54, 1.807) is 18.2 Å². The molecule has 0 heterocycles. The zero-order valence-electron chi connectivity index (χ0n) is 10.2. The molecule has 0 spiro atoms. The second-order valence-corrected chi connectivity index (χ2v) is 5.79. The van der Waals surface area contributed by atoms with E-state index in [2.05, 4.69) is 28.2 Å². The minimum Gasteiger partial charge on any atom is -0.352 e. The average Bonchev–Trinajstić information content (AvgIpc) is 2.32. The van der Waals surface area contributed by atoms with Crippen molar-refractivity contribution in [2.75, 3.05) is 11.9 Å². The Kier molecular flexibility index (Phi) is 7.05. The lowest BCUT2D eigenvalue weighted by Crippen LogP contribution is -2.29. The molecule has 0 fully saturated rings. The lowest BCUT2D eigenvalue weighted by molar-refractivity contribution is 0.0946. The number of carbonyl (C=O) groups excluding carboxylic acids is 1. The fourth-order valence-electron chi connectivity index (χ4n) is 1.63. The van der Waals surface area contributed by atoms with Crippen LogP contribution in [0.3, 0.4) is 0 Å². The maximum atomic E-state index is 11.9. The first-order chi connectivity index (χ1) is 8.56. The number of rotatable bonds is 6. The third kappa shape index (κ3) is 5.17. The first-order valence-electron chi connectivity index (χ1n) is 5.87. The van der Waals surface area contributed by atoms with Gasteiger partial charge in [-0.25, -0.2) is 0 Å². The summed E-state index contributed by atoms with van der Waals surface area (Å²) < 4.78 is 0. The molecule has 0 saturated heterocycles. The molecule has 1 amide bonds. The first-order valence-corrected chi connectivity index (χ1v) is 7.74. The SMILES string of the molecule is CCC(CCBr)CNC(=O)c1cc(Cl)cc(Cl)c1. The molecule has 2 nitrogen and oxygen atoms in total. The summed E-state index contributed by atoms with van der Waals surface area (Å²) in [6.45, 7) is 2.79. The molecule has 1 atom stereocenters. The largest absolute Gasteiger partial charge is 0.352 e. The summed E-state index contributed by atoms with van der Waals surface area (Å²) in [5.41, 5.74) is 0.501. The van der Waals surface area contributed by atoms with Gasteiger partial charge >= 0.3 is 0 Å². The first kappa shape index (κ1) is 15.8. The van der Waals surface area contributed by atoms with Crippen molar-refractivity contribution in [3.8, 4) is 0 Å². The third-order valence-electron chi connectivity index (χ3n) is 2.77. The number of carbonyl (C=O) groups is 1. The van der Waals surface area contributed by atoms with Crippen LogP contribution >= 0.6 is 39.1 Å². The van der Waals surface area contributed by atoms with E-state index in [0.717, 1.165) is 18.2 Å². The summed E-state index contributed by atoms with van der Waals surface area (Å²) >= 11 is 15.1. The van der Waals surface area contributed by atoms with Crippen molar-refractivity contribution >= 4 is 45.0 Å². The smallest absolute Gasteiger partial charge is 0.251 e. The predicted octanol–water partition coefficient (Wildman–Crippen LogP) is 4.53. The Morgan fingerprint density at radius 3 is 2.44 bits per heavy atom. The monoisotopic (exact) mass is 351 g/mol. The average molecular weight is 353 g/mol. The van der Waals surface area contributed by atoms with E-state index >= 15 is 0 Å². The summed E-state index contributed by atoms with van der Waals surface area (Å²) in [7, 11) is 0. The van der Waals surface area contributed by atoms with Crippen LogP contribution in [0.15, 0.2) is 18.2 Å². The van der Waals surface area contributed by atoms with Crippen molar-refractivity contribution in [2.45, 2.75) is 19.8 Å². The summed E-state index contributed by atoms with van der Waals surface area (Å²) in [5.74, 6) is 0.357. The minimum absolute atomic E-state index is 0.132. The van der Waals surface area contributed by atoms with E-state index in [1.165, 1.54) is 0 Å². The number of hydrogen-bond acceptors (Lipinski definition) is 1. The van der Waals surface area contributed by atoms with Gasteiger partial charge in [0.25, 0.3) is 5.91 Å². The highest BCUT2D eigenvalue weighted by Crippen LogP contribution is 2.19. The third-order valence-corrected chi connectivity index (χ3v) is 3.67. The van der Waals surface area contributed by atoms with Crippen LogP contribution in [-0.4, -0.2) is 17.8 Å². The van der Waals surface area contributed by atoms with Crippen molar-refractivity contribution in [3.05, 3.63) is 33.8 Å². The van der Waals surface area contributed by atoms with Crippen LogP contribution in [0.25, 0.3) is 0 Å². The van der Waals surface area contributed by atoms with Gasteiger partial charge in [0.15, 0.2) is 0 Å². The fourth-order valence-corrected chi connectivity index (χ4v) is 2.80. The van der Waals surface area contributed by atoms with Crippen molar-refractivity contribution in [2.24, 2.45) is 5.92 Å². The molecule has 1 aromatic carbocycles. The van der Waals surface area contributed by atoms with Crippen molar-refractivity contribution in [3.63, 3.8) is 0 Å². The van der Waals surface area contributed by atoms with E-state index in [0.29, 0.717) is 28.1 Å². The van der Waals surface area contributed by atoms with Gasteiger partial charge in [0, 0.05) is 27.5 Å². The molecule has 100 valence electrons. The molecule has 0 aliphatic heterocycles. The van der Waals surface area contributed by atoms with E-state index in [4.69, 9.17) is 23.2 Å². The lowest BCUT2D eigenvalue weighted by atomic mass is 10.0. The molecule has 1 aromatic rings. The van der Waals surface area contributed by atoms with Crippen LogP contribution in [0.2, 0.25) is 10.0 Å². The van der Waals surface area contributed by atoms with Gasteiger partial charge in [-0.1, -0.05) is 52.5 Å². The quantitative estimate of drug-likeness (QED) is 0.748. The molecular formula is C13H16BrCl2NO.